The number of likely N-dealkylation sites (N-methyl/N-ethyl adjacent to an activating group) is 1. The van der Waals surface area contributed by atoms with Crippen LogP contribution in [0.1, 0.15) is 37.1 Å². The molecule has 0 unspecified atom stereocenters. The number of aromatic nitrogens is 4. The van der Waals surface area contributed by atoms with Gasteiger partial charge in [-0.25, -0.2) is 4.98 Å². The van der Waals surface area contributed by atoms with Gasteiger partial charge in [-0.1, -0.05) is 0 Å². The number of hydrogen-bond donors (Lipinski definition) is 2. The Morgan fingerprint density at radius 2 is 2.03 bits per heavy atom. The summed E-state index contributed by atoms with van der Waals surface area (Å²) in [6, 6.07) is 0.586. The number of anilines is 3. The Morgan fingerprint density at radius 1 is 1.30 bits per heavy atom. The average molecular weight is 465 g/mol. The number of nitrogens with zero attached hydrogens (tertiary/aromatic N) is 5. The van der Waals surface area contributed by atoms with E-state index in [-0.39, 0.29) is 24.4 Å². The quantitative estimate of drug-likeness (QED) is 0.677. The Bertz CT molecular complexity index is 1080. The summed E-state index contributed by atoms with van der Waals surface area (Å²) >= 11 is 0. The molecule has 5 rings (SSSR count). The fourth-order valence-corrected chi connectivity index (χ4v) is 4.97. The van der Waals surface area contributed by atoms with Crippen LogP contribution in [-0.2, 0) is 22.3 Å². The van der Waals surface area contributed by atoms with Gasteiger partial charge in [-0.2, -0.15) is 23.3 Å². The number of hydrogen-bond acceptors (Lipinski definition) is 7. The zero-order valence-corrected chi connectivity index (χ0v) is 18.6. The van der Waals surface area contributed by atoms with E-state index in [1.54, 1.807) is 7.11 Å². The Balaban J connectivity index is 1.26. The highest BCUT2D eigenvalue weighted by atomic mass is 19.4. The molecule has 0 saturated heterocycles. The van der Waals surface area contributed by atoms with Crippen molar-refractivity contribution in [2.24, 2.45) is 5.92 Å². The van der Waals surface area contributed by atoms with Gasteiger partial charge in [-0.05, 0) is 44.6 Å². The number of fused-ring (bicyclic) bond motifs is 1. The molecule has 2 aliphatic carbocycles. The number of carbonyl (C=O) groups is 1. The van der Waals surface area contributed by atoms with Gasteiger partial charge in [-0.15, -0.1) is 0 Å². The SMILES string of the molecule is COC1([C@H]2C(=O)Nc3c(C)nc(NC4CC(Cn5nccc5C(F)(F)F)C4)nc3N2C)CC1. The zero-order valence-electron chi connectivity index (χ0n) is 18.6. The lowest BCUT2D eigenvalue weighted by Crippen LogP contribution is -2.55. The second-order valence-corrected chi connectivity index (χ2v) is 9.18. The third-order valence-electron chi connectivity index (χ3n) is 6.94. The van der Waals surface area contributed by atoms with Crippen LogP contribution in [0.5, 0.6) is 0 Å². The van der Waals surface area contributed by atoms with Crippen molar-refractivity contribution in [2.45, 2.75) is 63.0 Å². The number of rotatable bonds is 6. The second-order valence-electron chi connectivity index (χ2n) is 9.18. The molecular formula is C21H26F3N7O2. The van der Waals surface area contributed by atoms with Crippen molar-refractivity contribution < 1.29 is 22.7 Å². The first kappa shape index (κ1) is 21.9. The van der Waals surface area contributed by atoms with Crippen LogP contribution < -0.4 is 15.5 Å². The van der Waals surface area contributed by atoms with Crippen LogP contribution in [0.2, 0.25) is 0 Å². The minimum absolute atomic E-state index is 0.0605. The molecular weight excluding hydrogens is 439 g/mol. The summed E-state index contributed by atoms with van der Waals surface area (Å²) in [5, 5.41) is 10.1. The third kappa shape index (κ3) is 3.79. The summed E-state index contributed by atoms with van der Waals surface area (Å²) in [6.45, 7) is 2.03. The number of carbonyl (C=O) groups excluding carboxylic acids is 1. The Morgan fingerprint density at radius 3 is 2.67 bits per heavy atom. The number of alkyl halides is 3. The van der Waals surface area contributed by atoms with E-state index in [9.17, 15) is 18.0 Å². The first-order chi connectivity index (χ1) is 15.6. The monoisotopic (exact) mass is 465 g/mol. The van der Waals surface area contributed by atoms with Crippen LogP contribution in [0.3, 0.4) is 0 Å². The summed E-state index contributed by atoms with van der Waals surface area (Å²) in [5.41, 5.74) is 0.00902. The molecule has 2 N–H and O–H groups in total. The van der Waals surface area contributed by atoms with E-state index in [1.807, 2.05) is 18.9 Å². The normalized spacial score (nSPS) is 25.8. The first-order valence-electron chi connectivity index (χ1n) is 10.9. The lowest BCUT2D eigenvalue weighted by atomic mass is 9.80. The molecule has 3 aliphatic rings. The van der Waals surface area contributed by atoms with Crippen molar-refractivity contribution in [1.29, 1.82) is 0 Å². The van der Waals surface area contributed by atoms with Gasteiger partial charge in [0, 0.05) is 32.9 Å². The molecule has 0 bridgehead atoms. The van der Waals surface area contributed by atoms with Crippen molar-refractivity contribution in [3.05, 3.63) is 23.7 Å². The van der Waals surface area contributed by atoms with Gasteiger partial charge >= 0.3 is 6.18 Å². The smallest absolute Gasteiger partial charge is 0.376 e. The predicted molar refractivity (Wildman–Crippen MR) is 114 cm³/mol. The fraction of sp³-hybridized carbons (Fsp3) is 0.619. The van der Waals surface area contributed by atoms with Crippen molar-refractivity contribution in [3.8, 4) is 0 Å². The Kier molecular flexibility index (Phi) is 5.03. The maximum atomic E-state index is 13.1. The van der Waals surface area contributed by atoms with E-state index >= 15 is 0 Å². The molecule has 12 heteroatoms. The van der Waals surface area contributed by atoms with Crippen molar-refractivity contribution in [3.63, 3.8) is 0 Å². The van der Waals surface area contributed by atoms with Crippen LogP contribution >= 0.6 is 0 Å². The van der Waals surface area contributed by atoms with Gasteiger partial charge in [0.2, 0.25) is 11.9 Å². The van der Waals surface area contributed by atoms with Gasteiger partial charge in [0.05, 0.1) is 11.3 Å². The highest BCUT2D eigenvalue weighted by Crippen LogP contribution is 2.47. The number of amides is 1. The van der Waals surface area contributed by atoms with Crippen molar-refractivity contribution in [2.75, 3.05) is 29.7 Å². The summed E-state index contributed by atoms with van der Waals surface area (Å²) < 4.78 is 45.8. The predicted octanol–water partition coefficient (Wildman–Crippen LogP) is 2.83. The number of methoxy groups -OCH3 is 1. The third-order valence-corrected chi connectivity index (χ3v) is 6.94. The maximum Gasteiger partial charge on any atom is 0.433 e. The average Bonchev–Trinajstić information content (AvgIpc) is 3.34. The molecule has 1 amide bonds. The standard InChI is InChI=1S/C21H26F3N7O2/c1-11-15-17(30(2)16(18(32)28-15)20(33-3)5-6-20)29-19(26-11)27-13-8-12(9-13)10-31-14(4-7-25-31)21(22,23)24/h4,7,12-13,16H,5-6,8-10H2,1-3H3,(H,28,32)(H,26,27,29)/t12?,13?,16-/m1/s1. The molecule has 33 heavy (non-hydrogen) atoms. The molecule has 1 atom stereocenters. The maximum absolute atomic E-state index is 13.1. The van der Waals surface area contributed by atoms with Crippen LogP contribution in [0.4, 0.5) is 30.6 Å². The van der Waals surface area contributed by atoms with Crippen LogP contribution in [-0.4, -0.2) is 57.5 Å². The molecule has 2 saturated carbocycles. The van der Waals surface area contributed by atoms with E-state index < -0.39 is 23.5 Å². The number of nitrogens with one attached hydrogen (secondary N) is 2. The molecule has 0 radical (unpaired) electrons. The van der Waals surface area contributed by atoms with Gasteiger partial charge < -0.3 is 20.3 Å². The van der Waals surface area contributed by atoms with Crippen molar-refractivity contribution in [1.82, 2.24) is 19.7 Å². The number of halogens is 3. The first-order valence-corrected chi connectivity index (χ1v) is 10.9. The highest BCUT2D eigenvalue weighted by Gasteiger charge is 2.57. The molecule has 9 nitrogen and oxygen atoms in total. The van der Waals surface area contributed by atoms with Crippen molar-refractivity contribution >= 4 is 23.4 Å². The van der Waals surface area contributed by atoms with E-state index in [2.05, 4.69) is 25.7 Å². The molecule has 178 valence electrons. The molecule has 0 spiro atoms. The van der Waals surface area contributed by atoms with Crippen LogP contribution in [0.15, 0.2) is 12.3 Å². The highest BCUT2D eigenvalue weighted by molar-refractivity contribution is 6.04. The van der Waals surface area contributed by atoms with E-state index in [0.29, 0.717) is 36.0 Å². The summed E-state index contributed by atoms with van der Waals surface area (Å²) in [7, 11) is 3.45. The van der Waals surface area contributed by atoms with E-state index in [1.165, 1.54) is 6.20 Å². The molecule has 1 aliphatic heterocycles. The van der Waals surface area contributed by atoms with Gasteiger partial charge in [-0.3, -0.25) is 9.48 Å². The van der Waals surface area contributed by atoms with Crippen LogP contribution in [0.25, 0.3) is 0 Å². The largest absolute Gasteiger partial charge is 0.433 e. The summed E-state index contributed by atoms with van der Waals surface area (Å²) in [5.74, 6) is 1.02. The molecule has 2 aromatic rings. The van der Waals surface area contributed by atoms with Crippen LogP contribution in [0, 0.1) is 12.8 Å². The Hall–Kier alpha value is -2.89. The molecule has 0 aromatic carbocycles. The van der Waals surface area contributed by atoms with E-state index in [0.717, 1.165) is 23.6 Å². The van der Waals surface area contributed by atoms with Gasteiger partial charge in [0.1, 0.15) is 17.4 Å². The number of aryl methyl sites for hydroxylation is 1. The summed E-state index contributed by atoms with van der Waals surface area (Å²) in [6.07, 6.45) is -0.220. The zero-order chi connectivity index (χ0) is 23.5. The van der Waals surface area contributed by atoms with Gasteiger partial charge in [0.15, 0.2) is 5.82 Å². The second kappa shape index (κ2) is 7.57. The van der Waals surface area contributed by atoms with E-state index in [4.69, 9.17) is 4.74 Å². The molecule has 2 aromatic heterocycles. The lowest BCUT2D eigenvalue weighted by molar-refractivity contribution is -0.144. The minimum Gasteiger partial charge on any atom is -0.376 e. The summed E-state index contributed by atoms with van der Waals surface area (Å²) in [4.78, 5) is 23.7. The molecule has 3 heterocycles. The Labute approximate surface area is 188 Å². The minimum atomic E-state index is -4.41. The number of ether oxygens (including phenoxy) is 1. The topological polar surface area (TPSA) is 97.2 Å². The lowest BCUT2D eigenvalue weighted by Gasteiger charge is -2.39. The van der Waals surface area contributed by atoms with Gasteiger partial charge in [0.25, 0.3) is 0 Å². The fourth-order valence-electron chi connectivity index (χ4n) is 4.97. The molecule has 2 fully saturated rings.